The third-order valence-electron chi connectivity index (χ3n) is 3.16. The Morgan fingerprint density at radius 3 is 2.58 bits per heavy atom. The molecule has 2 N–H and O–H groups in total. The Kier molecular flexibility index (Phi) is 5.62. The van der Waals surface area contributed by atoms with Crippen LogP contribution in [0.15, 0.2) is 41.9 Å². The van der Waals surface area contributed by atoms with Crippen molar-refractivity contribution < 1.29 is 28.0 Å². The molecule has 0 aliphatic heterocycles. The molecule has 26 heavy (non-hydrogen) atoms. The second-order valence-corrected chi connectivity index (χ2v) is 4.91. The van der Waals surface area contributed by atoms with Crippen LogP contribution in [-0.2, 0) is 6.18 Å². The number of aromatic nitrogens is 2. The van der Waals surface area contributed by atoms with E-state index in [-0.39, 0.29) is 11.3 Å². The van der Waals surface area contributed by atoms with Crippen molar-refractivity contribution in [1.82, 2.24) is 20.5 Å². The van der Waals surface area contributed by atoms with Crippen molar-refractivity contribution in [3.63, 3.8) is 0 Å². The van der Waals surface area contributed by atoms with Crippen molar-refractivity contribution in [2.45, 2.75) is 6.18 Å². The maximum atomic E-state index is 13.0. The summed E-state index contributed by atoms with van der Waals surface area (Å²) in [7, 11) is 1.18. The Balaban J connectivity index is 2.17. The van der Waals surface area contributed by atoms with E-state index in [0.717, 1.165) is 24.8 Å². The lowest BCUT2D eigenvalue weighted by atomic mass is 10.1. The van der Waals surface area contributed by atoms with Gasteiger partial charge in [-0.25, -0.2) is 10.5 Å². The average molecular weight is 367 g/mol. The highest BCUT2D eigenvalue weighted by Gasteiger charge is 2.35. The van der Waals surface area contributed by atoms with E-state index in [2.05, 4.69) is 15.1 Å². The summed E-state index contributed by atoms with van der Waals surface area (Å²) in [5.41, 5.74) is 0.00787. The molecule has 2 rings (SSSR count). The molecule has 2 heterocycles. The number of pyridine rings is 2. The number of hydroxylamine groups is 1. The van der Waals surface area contributed by atoms with Crippen molar-refractivity contribution in [1.29, 1.82) is 0 Å². The molecular weight excluding hydrogens is 355 g/mol. The minimum Gasteiger partial charge on any atom is -0.288 e. The van der Waals surface area contributed by atoms with Gasteiger partial charge in [0.1, 0.15) is 0 Å². The number of carbonyl (C=O) groups excluding carboxylic acids is 2. The normalized spacial score (nSPS) is 11.4. The Bertz CT molecular complexity index is 837. The number of rotatable bonds is 4. The quantitative estimate of drug-likeness (QED) is 0.486. The Morgan fingerprint density at radius 1 is 1.27 bits per heavy atom. The van der Waals surface area contributed by atoms with Crippen LogP contribution in [0.5, 0.6) is 0 Å². The zero-order valence-electron chi connectivity index (χ0n) is 13.2. The topological polar surface area (TPSA) is 108 Å². The van der Waals surface area contributed by atoms with Crippen molar-refractivity contribution in [3.8, 4) is 0 Å². The van der Waals surface area contributed by atoms with Gasteiger partial charge in [0.05, 0.1) is 28.6 Å². The summed E-state index contributed by atoms with van der Waals surface area (Å²) in [6.07, 6.45) is -0.669. The second-order valence-electron chi connectivity index (χ2n) is 4.91. The van der Waals surface area contributed by atoms with Crippen LogP contribution < -0.4 is 5.48 Å². The molecule has 0 unspecified atom stereocenters. The van der Waals surface area contributed by atoms with Gasteiger partial charge in [-0.05, 0) is 18.2 Å². The molecular formula is C15H12F3N5O3. The van der Waals surface area contributed by atoms with Crippen molar-refractivity contribution in [2.75, 3.05) is 7.05 Å². The van der Waals surface area contributed by atoms with Gasteiger partial charge in [0, 0.05) is 25.6 Å². The number of alkyl halides is 3. The summed E-state index contributed by atoms with van der Waals surface area (Å²) < 4.78 is 38.9. The predicted octanol–water partition coefficient (Wildman–Crippen LogP) is 1.72. The molecule has 0 aliphatic carbocycles. The Labute approximate surface area is 144 Å². The maximum Gasteiger partial charge on any atom is 0.417 e. The van der Waals surface area contributed by atoms with Gasteiger partial charge in [-0.2, -0.15) is 18.3 Å². The fourth-order valence-corrected chi connectivity index (χ4v) is 1.87. The number of nitrogens with zero attached hydrogens (tertiary/aromatic N) is 4. The molecule has 11 heteroatoms. The van der Waals surface area contributed by atoms with Crippen LogP contribution in [0.3, 0.4) is 0 Å². The van der Waals surface area contributed by atoms with Gasteiger partial charge in [-0.3, -0.25) is 24.8 Å². The Hall–Kier alpha value is -3.34. The predicted molar refractivity (Wildman–Crippen MR) is 82.4 cm³/mol. The van der Waals surface area contributed by atoms with Crippen LogP contribution in [0, 0.1) is 0 Å². The summed E-state index contributed by atoms with van der Waals surface area (Å²) in [6, 6.07) is 3.42. The molecule has 2 aromatic heterocycles. The van der Waals surface area contributed by atoms with E-state index in [1.54, 1.807) is 0 Å². The standard InChI is InChI=1S/C15H12F3N5O3/c1-23(14(25)11-8-19-5-4-12(11)15(16,17)18)21-7-10-3-2-9(6-20-10)13(24)22-26/h2-8,26H,1H3,(H,22,24). The number of hydrazone groups is 1. The molecule has 0 spiro atoms. The first-order valence-electron chi connectivity index (χ1n) is 6.97. The molecule has 136 valence electrons. The van der Waals surface area contributed by atoms with Crippen molar-refractivity contribution in [2.24, 2.45) is 5.10 Å². The van der Waals surface area contributed by atoms with E-state index >= 15 is 0 Å². The Morgan fingerprint density at radius 2 is 2.00 bits per heavy atom. The summed E-state index contributed by atoms with van der Waals surface area (Å²) >= 11 is 0. The zero-order chi connectivity index (χ0) is 19.3. The third-order valence-corrected chi connectivity index (χ3v) is 3.16. The highest BCUT2D eigenvalue weighted by Crippen LogP contribution is 2.31. The largest absolute Gasteiger partial charge is 0.417 e. The molecule has 0 atom stereocenters. The van der Waals surface area contributed by atoms with Gasteiger partial charge in [0.2, 0.25) is 0 Å². The van der Waals surface area contributed by atoms with Gasteiger partial charge >= 0.3 is 6.18 Å². The molecule has 0 saturated heterocycles. The summed E-state index contributed by atoms with van der Waals surface area (Å²) in [4.78, 5) is 30.8. The van der Waals surface area contributed by atoms with Gasteiger partial charge in [-0.1, -0.05) is 0 Å². The monoisotopic (exact) mass is 367 g/mol. The van der Waals surface area contributed by atoms with Crippen LogP contribution in [-0.4, -0.2) is 45.3 Å². The van der Waals surface area contributed by atoms with Gasteiger partial charge in [0.25, 0.3) is 11.8 Å². The van der Waals surface area contributed by atoms with E-state index in [1.165, 1.54) is 24.7 Å². The highest BCUT2D eigenvalue weighted by molar-refractivity contribution is 5.96. The summed E-state index contributed by atoms with van der Waals surface area (Å²) in [5.74, 6) is -1.76. The number of carbonyl (C=O) groups is 2. The molecule has 2 aromatic rings. The minimum atomic E-state index is -4.71. The fourth-order valence-electron chi connectivity index (χ4n) is 1.87. The molecule has 0 bridgehead atoms. The lowest BCUT2D eigenvalue weighted by Crippen LogP contribution is -2.25. The van der Waals surface area contributed by atoms with E-state index < -0.39 is 29.1 Å². The molecule has 0 saturated carbocycles. The average Bonchev–Trinajstić information content (AvgIpc) is 2.64. The van der Waals surface area contributed by atoms with Crippen molar-refractivity contribution >= 4 is 18.0 Å². The van der Waals surface area contributed by atoms with Crippen LogP contribution in [0.25, 0.3) is 0 Å². The first-order chi connectivity index (χ1) is 12.2. The summed E-state index contributed by atoms with van der Waals surface area (Å²) in [6.45, 7) is 0. The second kappa shape index (κ2) is 7.70. The fraction of sp³-hybridized carbons (Fsp3) is 0.133. The van der Waals surface area contributed by atoms with Crippen LogP contribution >= 0.6 is 0 Å². The molecule has 0 radical (unpaired) electrons. The molecule has 0 fully saturated rings. The minimum absolute atomic E-state index is 0.0826. The van der Waals surface area contributed by atoms with E-state index in [9.17, 15) is 22.8 Å². The van der Waals surface area contributed by atoms with E-state index in [0.29, 0.717) is 11.1 Å². The van der Waals surface area contributed by atoms with Gasteiger partial charge in [0.15, 0.2) is 0 Å². The van der Waals surface area contributed by atoms with Gasteiger partial charge in [-0.15, -0.1) is 0 Å². The lowest BCUT2D eigenvalue weighted by Gasteiger charge is -2.15. The number of halogens is 3. The van der Waals surface area contributed by atoms with Crippen LogP contribution in [0.1, 0.15) is 32.0 Å². The third kappa shape index (κ3) is 4.39. The van der Waals surface area contributed by atoms with Crippen molar-refractivity contribution in [3.05, 3.63) is 59.2 Å². The first-order valence-corrected chi connectivity index (χ1v) is 6.97. The number of hydrogen-bond donors (Lipinski definition) is 2. The number of amides is 2. The smallest absolute Gasteiger partial charge is 0.288 e. The number of hydrogen-bond acceptors (Lipinski definition) is 6. The molecule has 8 nitrogen and oxygen atoms in total. The summed E-state index contributed by atoms with van der Waals surface area (Å²) in [5, 5.41) is 12.9. The maximum absolute atomic E-state index is 13.0. The molecule has 0 aliphatic rings. The SMILES string of the molecule is CN(N=Cc1ccc(C(=O)NO)cn1)C(=O)c1cnccc1C(F)(F)F. The zero-order valence-corrected chi connectivity index (χ0v) is 13.2. The highest BCUT2D eigenvalue weighted by atomic mass is 19.4. The lowest BCUT2D eigenvalue weighted by molar-refractivity contribution is -0.138. The number of nitrogens with one attached hydrogen (secondary N) is 1. The molecule has 2 amide bonds. The van der Waals surface area contributed by atoms with E-state index in [1.807, 2.05) is 0 Å². The first kappa shape index (κ1) is 19.0. The molecule has 0 aromatic carbocycles. The van der Waals surface area contributed by atoms with Crippen LogP contribution in [0.2, 0.25) is 0 Å². The van der Waals surface area contributed by atoms with Gasteiger partial charge < -0.3 is 0 Å². The van der Waals surface area contributed by atoms with Crippen LogP contribution in [0.4, 0.5) is 13.2 Å². The van der Waals surface area contributed by atoms with E-state index in [4.69, 9.17) is 5.21 Å².